The smallest absolute Gasteiger partial charge is 0.379 e. The number of halogens is 3. The highest BCUT2D eigenvalue weighted by molar-refractivity contribution is 5.77. The molecule has 26 heavy (non-hydrogen) atoms. The van der Waals surface area contributed by atoms with Crippen molar-refractivity contribution in [3.05, 3.63) is 33.9 Å². The standard InChI is InChI=1S/C16H21F3N4O3/c1-20-10-12-3-2-8-22(12)15(24)6-7-21-13-5-4-11(16(17,18)19)9-14(13)23(25)26/h4-5,9,12,20-21H,2-3,6-8,10H2,1H3. The first-order valence-electron chi connectivity index (χ1n) is 8.27. The van der Waals surface area contributed by atoms with Gasteiger partial charge in [-0.3, -0.25) is 14.9 Å². The van der Waals surface area contributed by atoms with Crippen molar-refractivity contribution in [2.45, 2.75) is 31.5 Å². The number of nitrogens with zero attached hydrogens (tertiary/aromatic N) is 2. The monoisotopic (exact) mass is 374 g/mol. The van der Waals surface area contributed by atoms with E-state index in [1.54, 1.807) is 4.90 Å². The maximum atomic E-state index is 12.7. The van der Waals surface area contributed by atoms with E-state index < -0.39 is 22.4 Å². The van der Waals surface area contributed by atoms with Gasteiger partial charge in [-0.05, 0) is 32.0 Å². The van der Waals surface area contributed by atoms with E-state index in [2.05, 4.69) is 10.6 Å². The van der Waals surface area contributed by atoms with Crippen molar-refractivity contribution < 1.29 is 22.9 Å². The second-order valence-corrected chi connectivity index (χ2v) is 6.10. The minimum atomic E-state index is -4.66. The van der Waals surface area contributed by atoms with E-state index in [1.807, 2.05) is 7.05 Å². The lowest BCUT2D eigenvalue weighted by atomic mass is 10.1. The summed E-state index contributed by atoms with van der Waals surface area (Å²) in [6.07, 6.45) is -2.70. The molecule has 1 fully saturated rings. The van der Waals surface area contributed by atoms with Crippen molar-refractivity contribution in [2.24, 2.45) is 0 Å². The number of alkyl halides is 3. The van der Waals surface area contributed by atoms with E-state index in [4.69, 9.17) is 0 Å². The van der Waals surface area contributed by atoms with Crippen LogP contribution in [0.25, 0.3) is 0 Å². The number of benzene rings is 1. The first kappa shape index (κ1) is 20.0. The molecule has 1 aromatic carbocycles. The molecule has 1 aliphatic heterocycles. The van der Waals surface area contributed by atoms with Gasteiger partial charge < -0.3 is 15.5 Å². The molecule has 1 aliphatic rings. The Kier molecular flexibility index (Phi) is 6.41. The minimum Gasteiger partial charge on any atom is -0.379 e. The molecule has 1 atom stereocenters. The van der Waals surface area contributed by atoms with Crippen molar-refractivity contribution in [1.82, 2.24) is 10.2 Å². The van der Waals surface area contributed by atoms with Crippen molar-refractivity contribution in [3.8, 4) is 0 Å². The van der Waals surface area contributed by atoms with Gasteiger partial charge >= 0.3 is 6.18 Å². The lowest BCUT2D eigenvalue weighted by Gasteiger charge is -2.24. The van der Waals surface area contributed by atoms with Crippen LogP contribution in [0, 0.1) is 10.1 Å². The first-order valence-corrected chi connectivity index (χ1v) is 8.27. The number of nitrogens with one attached hydrogen (secondary N) is 2. The summed E-state index contributed by atoms with van der Waals surface area (Å²) in [5.41, 5.74) is -1.79. The molecule has 0 bridgehead atoms. The Labute approximate surface area is 148 Å². The van der Waals surface area contributed by atoms with Crippen LogP contribution in [0.2, 0.25) is 0 Å². The van der Waals surface area contributed by atoms with Crippen LogP contribution in [0.15, 0.2) is 18.2 Å². The van der Waals surface area contributed by atoms with Crippen LogP contribution >= 0.6 is 0 Å². The number of likely N-dealkylation sites (N-methyl/N-ethyl adjacent to an activating group) is 1. The van der Waals surface area contributed by atoms with E-state index >= 15 is 0 Å². The number of amides is 1. The summed E-state index contributed by atoms with van der Waals surface area (Å²) >= 11 is 0. The average Bonchev–Trinajstić information content (AvgIpc) is 3.02. The summed E-state index contributed by atoms with van der Waals surface area (Å²) in [4.78, 5) is 24.2. The molecular formula is C16H21F3N4O3. The largest absolute Gasteiger partial charge is 0.416 e. The predicted molar refractivity (Wildman–Crippen MR) is 89.9 cm³/mol. The fourth-order valence-corrected chi connectivity index (χ4v) is 3.07. The number of rotatable bonds is 7. The number of hydrogen-bond acceptors (Lipinski definition) is 5. The van der Waals surface area contributed by atoms with Crippen LogP contribution < -0.4 is 10.6 Å². The molecule has 0 radical (unpaired) electrons. The van der Waals surface area contributed by atoms with Gasteiger partial charge in [0.1, 0.15) is 5.69 Å². The van der Waals surface area contributed by atoms with Gasteiger partial charge in [-0.1, -0.05) is 0 Å². The summed E-state index contributed by atoms with van der Waals surface area (Å²) in [5.74, 6) is -0.0789. The fraction of sp³-hybridized carbons (Fsp3) is 0.562. The molecule has 7 nitrogen and oxygen atoms in total. The van der Waals surface area contributed by atoms with Gasteiger partial charge in [-0.2, -0.15) is 13.2 Å². The number of carbonyl (C=O) groups is 1. The molecule has 0 aliphatic carbocycles. The number of hydrogen-bond donors (Lipinski definition) is 2. The van der Waals surface area contributed by atoms with Crippen molar-refractivity contribution in [1.29, 1.82) is 0 Å². The van der Waals surface area contributed by atoms with Gasteiger partial charge in [-0.25, -0.2) is 0 Å². The summed E-state index contributed by atoms with van der Waals surface area (Å²) in [6.45, 7) is 1.48. The third-order valence-electron chi connectivity index (χ3n) is 4.31. The van der Waals surface area contributed by atoms with Crippen LogP contribution in [-0.4, -0.2) is 48.5 Å². The first-order chi connectivity index (χ1) is 12.2. The highest BCUT2D eigenvalue weighted by atomic mass is 19.4. The quantitative estimate of drug-likeness (QED) is 0.566. The highest BCUT2D eigenvalue weighted by Gasteiger charge is 2.33. The molecule has 10 heteroatoms. The van der Waals surface area contributed by atoms with Crippen LogP contribution in [0.5, 0.6) is 0 Å². The third-order valence-corrected chi connectivity index (χ3v) is 4.31. The number of nitro benzene ring substituents is 1. The second-order valence-electron chi connectivity index (χ2n) is 6.10. The van der Waals surface area contributed by atoms with Gasteiger partial charge in [0, 0.05) is 38.2 Å². The van der Waals surface area contributed by atoms with Crippen molar-refractivity contribution >= 4 is 17.3 Å². The molecule has 2 N–H and O–H groups in total. The summed E-state index contributed by atoms with van der Waals surface area (Å²) in [6, 6.07) is 2.42. The minimum absolute atomic E-state index is 0.0380. The molecule has 0 saturated carbocycles. The lowest BCUT2D eigenvalue weighted by molar-refractivity contribution is -0.384. The zero-order valence-electron chi connectivity index (χ0n) is 14.3. The Hall–Kier alpha value is -2.36. The van der Waals surface area contributed by atoms with E-state index in [-0.39, 0.29) is 30.6 Å². The topological polar surface area (TPSA) is 87.5 Å². The summed E-state index contributed by atoms with van der Waals surface area (Å²) in [7, 11) is 1.81. The molecule has 1 amide bonds. The molecule has 0 spiro atoms. The number of likely N-dealkylation sites (tertiary alicyclic amines) is 1. The zero-order chi connectivity index (χ0) is 19.3. The van der Waals surface area contributed by atoms with Gasteiger partial charge in [0.25, 0.3) is 5.69 Å². The molecule has 1 aromatic rings. The van der Waals surface area contributed by atoms with E-state index in [0.717, 1.165) is 25.0 Å². The number of carbonyl (C=O) groups excluding carboxylic acids is 1. The van der Waals surface area contributed by atoms with E-state index in [1.165, 1.54) is 0 Å². The van der Waals surface area contributed by atoms with Crippen molar-refractivity contribution in [2.75, 3.05) is 32.0 Å². The van der Waals surface area contributed by atoms with Crippen molar-refractivity contribution in [3.63, 3.8) is 0 Å². The second kappa shape index (κ2) is 8.35. The SMILES string of the molecule is CNCC1CCCN1C(=O)CCNc1ccc(C(F)(F)F)cc1[N+](=O)[O-]. The summed E-state index contributed by atoms with van der Waals surface area (Å²) in [5, 5.41) is 16.8. The van der Waals surface area contributed by atoms with Gasteiger partial charge in [-0.15, -0.1) is 0 Å². The number of anilines is 1. The van der Waals surface area contributed by atoms with Crippen LogP contribution in [0.4, 0.5) is 24.5 Å². The Balaban J connectivity index is 1.99. The molecule has 144 valence electrons. The Bertz CT molecular complexity index is 667. The summed E-state index contributed by atoms with van der Waals surface area (Å²) < 4.78 is 38.1. The lowest BCUT2D eigenvalue weighted by Crippen LogP contribution is -2.41. The molecule has 1 unspecified atom stereocenters. The van der Waals surface area contributed by atoms with E-state index in [9.17, 15) is 28.1 Å². The van der Waals surface area contributed by atoms with Gasteiger partial charge in [0.2, 0.25) is 5.91 Å². The molecule has 0 aromatic heterocycles. The molecular weight excluding hydrogens is 353 g/mol. The third kappa shape index (κ3) is 4.84. The van der Waals surface area contributed by atoms with Crippen LogP contribution in [-0.2, 0) is 11.0 Å². The van der Waals surface area contributed by atoms with Gasteiger partial charge in [0.15, 0.2) is 0 Å². The van der Waals surface area contributed by atoms with E-state index in [0.29, 0.717) is 19.2 Å². The average molecular weight is 374 g/mol. The predicted octanol–water partition coefficient (Wildman–Crippen LogP) is 2.63. The maximum Gasteiger partial charge on any atom is 0.416 e. The van der Waals surface area contributed by atoms with Gasteiger partial charge in [0.05, 0.1) is 10.5 Å². The maximum absolute atomic E-state index is 12.7. The molecule has 2 rings (SSSR count). The Morgan fingerprint density at radius 1 is 1.42 bits per heavy atom. The Morgan fingerprint density at radius 3 is 2.77 bits per heavy atom. The zero-order valence-corrected chi connectivity index (χ0v) is 14.3. The van der Waals surface area contributed by atoms with Crippen LogP contribution in [0.3, 0.4) is 0 Å². The number of nitro groups is 1. The fourth-order valence-electron chi connectivity index (χ4n) is 3.07. The molecule has 1 saturated heterocycles. The van der Waals surface area contributed by atoms with Crippen LogP contribution in [0.1, 0.15) is 24.8 Å². The normalized spacial score (nSPS) is 17.4. The highest BCUT2D eigenvalue weighted by Crippen LogP contribution is 2.34. The molecule has 1 heterocycles. The Morgan fingerprint density at radius 2 is 2.15 bits per heavy atom.